The monoisotopic (exact) mass is 295 g/mol. The van der Waals surface area contributed by atoms with Gasteiger partial charge in [-0.2, -0.15) is 0 Å². The molecule has 0 saturated heterocycles. The lowest BCUT2D eigenvalue weighted by atomic mass is 10.2. The molecule has 1 aromatic carbocycles. The maximum Gasteiger partial charge on any atom is 0.142 e. The van der Waals surface area contributed by atoms with Crippen molar-refractivity contribution in [1.82, 2.24) is 9.97 Å². The number of aromatic nitrogens is 2. The summed E-state index contributed by atoms with van der Waals surface area (Å²) in [6.07, 6.45) is 1.47. The summed E-state index contributed by atoms with van der Waals surface area (Å²) >= 11 is 4.95. The normalized spacial score (nSPS) is 10.4. The summed E-state index contributed by atoms with van der Waals surface area (Å²) < 4.78 is 0.751. The summed E-state index contributed by atoms with van der Waals surface area (Å²) in [5.41, 5.74) is 6.92. The summed E-state index contributed by atoms with van der Waals surface area (Å²) in [5, 5.41) is 0.832. The Morgan fingerprint density at radius 2 is 2.12 bits per heavy atom. The van der Waals surface area contributed by atoms with Gasteiger partial charge in [0.1, 0.15) is 17.2 Å². The van der Waals surface area contributed by atoms with Crippen LogP contribution in [0.2, 0.25) is 0 Å². The van der Waals surface area contributed by atoms with Crippen LogP contribution in [0.25, 0.3) is 0 Å². The third-order valence-corrected chi connectivity index (χ3v) is 4.03. The van der Waals surface area contributed by atoms with Crippen LogP contribution in [0, 0.1) is 6.92 Å². The Kier molecular flexibility index (Phi) is 3.46. The van der Waals surface area contributed by atoms with E-state index in [9.17, 15) is 0 Å². The second-order valence-electron chi connectivity index (χ2n) is 3.30. The quantitative estimate of drug-likeness (QED) is 0.864. The zero-order valence-corrected chi connectivity index (χ0v) is 11.0. The number of halogens is 1. The average Bonchev–Trinajstić information content (AvgIpc) is 2.25. The Morgan fingerprint density at radius 3 is 2.88 bits per heavy atom. The summed E-state index contributed by atoms with van der Waals surface area (Å²) in [5.74, 6) is 0.463. The largest absolute Gasteiger partial charge is 0.383 e. The summed E-state index contributed by atoms with van der Waals surface area (Å²) in [6.45, 7) is 2.06. The number of aryl methyl sites for hydroxylation is 1. The standard InChI is InChI=1S/C11H10BrN3S/c1-7-3-2-4-8(5-7)16-11-9(12)10(13)14-6-15-11/h2-6H,1H3,(H2,13,14,15). The third kappa shape index (κ3) is 2.54. The van der Waals surface area contributed by atoms with Crippen LogP contribution in [-0.2, 0) is 0 Å². The van der Waals surface area contributed by atoms with Crippen LogP contribution in [0.3, 0.4) is 0 Å². The molecule has 0 radical (unpaired) electrons. The molecule has 0 saturated carbocycles. The SMILES string of the molecule is Cc1cccc(Sc2ncnc(N)c2Br)c1. The average molecular weight is 296 g/mol. The molecule has 0 atom stereocenters. The van der Waals surface area contributed by atoms with Crippen molar-refractivity contribution in [2.24, 2.45) is 0 Å². The molecule has 16 heavy (non-hydrogen) atoms. The van der Waals surface area contributed by atoms with Gasteiger partial charge in [-0.25, -0.2) is 9.97 Å². The topological polar surface area (TPSA) is 51.8 Å². The van der Waals surface area contributed by atoms with Gasteiger partial charge in [-0.15, -0.1) is 0 Å². The molecule has 2 aromatic rings. The Bertz CT molecular complexity index is 516. The van der Waals surface area contributed by atoms with Crippen molar-refractivity contribution < 1.29 is 0 Å². The lowest BCUT2D eigenvalue weighted by Gasteiger charge is -2.05. The maximum atomic E-state index is 5.69. The van der Waals surface area contributed by atoms with Gasteiger partial charge < -0.3 is 5.73 Å². The Hall–Kier alpha value is -1.07. The van der Waals surface area contributed by atoms with Crippen LogP contribution < -0.4 is 5.73 Å². The zero-order valence-electron chi connectivity index (χ0n) is 8.64. The summed E-state index contributed by atoms with van der Waals surface area (Å²) in [4.78, 5) is 9.23. The Labute approximate surface area is 107 Å². The molecule has 0 fully saturated rings. The summed E-state index contributed by atoms with van der Waals surface area (Å²) in [6, 6.07) is 8.24. The van der Waals surface area contributed by atoms with Gasteiger partial charge in [-0.1, -0.05) is 29.5 Å². The lowest BCUT2D eigenvalue weighted by Crippen LogP contribution is -1.94. The molecule has 0 aliphatic carbocycles. The van der Waals surface area contributed by atoms with Crippen LogP contribution in [0.15, 0.2) is 45.0 Å². The molecule has 3 nitrogen and oxygen atoms in total. The van der Waals surface area contributed by atoms with Crippen molar-refractivity contribution in [2.45, 2.75) is 16.8 Å². The number of hydrogen-bond donors (Lipinski definition) is 1. The van der Waals surface area contributed by atoms with Gasteiger partial charge in [0.2, 0.25) is 0 Å². The number of nitrogens with zero attached hydrogens (tertiary/aromatic N) is 2. The lowest BCUT2D eigenvalue weighted by molar-refractivity contribution is 1.03. The molecule has 0 spiro atoms. The minimum atomic E-state index is 0.463. The highest BCUT2D eigenvalue weighted by atomic mass is 79.9. The van der Waals surface area contributed by atoms with Crippen LogP contribution in [-0.4, -0.2) is 9.97 Å². The minimum Gasteiger partial charge on any atom is -0.383 e. The molecule has 82 valence electrons. The number of rotatable bonds is 2. The highest BCUT2D eigenvalue weighted by Gasteiger charge is 2.07. The number of hydrogen-bond acceptors (Lipinski definition) is 4. The van der Waals surface area contributed by atoms with E-state index in [1.54, 1.807) is 11.8 Å². The van der Waals surface area contributed by atoms with Crippen molar-refractivity contribution >= 4 is 33.5 Å². The van der Waals surface area contributed by atoms with Crippen molar-refractivity contribution in [3.8, 4) is 0 Å². The van der Waals surface area contributed by atoms with Crippen molar-refractivity contribution in [3.63, 3.8) is 0 Å². The van der Waals surface area contributed by atoms with Gasteiger partial charge in [-0.05, 0) is 35.0 Å². The smallest absolute Gasteiger partial charge is 0.142 e. The highest BCUT2D eigenvalue weighted by Crippen LogP contribution is 2.33. The van der Waals surface area contributed by atoms with E-state index >= 15 is 0 Å². The van der Waals surface area contributed by atoms with E-state index in [1.165, 1.54) is 11.9 Å². The van der Waals surface area contributed by atoms with Gasteiger partial charge in [0.15, 0.2) is 0 Å². The predicted molar refractivity (Wildman–Crippen MR) is 69.4 cm³/mol. The molecule has 0 bridgehead atoms. The van der Waals surface area contributed by atoms with E-state index in [-0.39, 0.29) is 0 Å². The molecule has 0 amide bonds. The Balaban J connectivity index is 2.31. The molecular formula is C11H10BrN3S. The van der Waals surface area contributed by atoms with Gasteiger partial charge in [-0.3, -0.25) is 0 Å². The van der Waals surface area contributed by atoms with Crippen LogP contribution in [0.5, 0.6) is 0 Å². The fourth-order valence-corrected chi connectivity index (χ4v) is 2.58. The first-order valence-corrected chi connectivity index (χ1v) is 6.28. The van der Waals surface area contributed by atoms with Crippen molar-refractivity contribution in [3.05, 3.63) is 40.6 Å². The molecule has 2 N–H and O–H groups in total. The van der Waals surface area contributed by atoms with Crippen LogP contribution in [0.4, 0.5) is 5.82 Å². The van der Waals surface area contributed by atoms with Crippen molar-refractivity contribution in [2.75, 3.05) is 5.73 Å². The third-order valence-electron chi connectivity index (χ3n) is 1.99. The van der Waals surface area contributed by atoms with Crippen LogP contribution in [0.1, 0.15) is 5.56 Å². The van der Waals surface area contributed by atoms with E-state index in [0.29, 0.717) is 5.82 Å². The minimum absolute atomic E-state index is 0.463. The molecule has 1 heterocycles. The predicted octanol–water partition coefficient (Wildman–Crippen LogP) is 3.28. The first-order valence-electron chi connectivity index (χ1n) is 4.67. The Morgan fingerprint density at radius 1 is 1.31 bits per heavy atom. The van der Waals surface area contributed by atoms with Gasteiger partial charge in [0.05, 0.1) is 4.47 Å². The first-order chi connectivity index (χ1) is 7.66. The van der Waals surface area contributed by atoms with E-state index < -0.39 is 0 Å². The second kappa shape index (κ2) is 4.84. The molecule has 0 unspecified atom stereocenters. The van der Waals surface area contributed by atoms with Gasteiger partial charge in [0.25, 0.3) is 0 Å². The number of nitrogens with two attached hydrogens (primary N) is 1. The molecule has 0 aliphatic rings. The van der Waals surface area contributed by atoms with E-state index in [2.05, 4.69) is 45.0 Å². The number of anilines is 1. The first kappa shape index (κ1) is 11.4. The maximum absolute atomic E-state index is 5.69. The van der Waals surface area contributed by atoms with E-state index in [1.807, 2.05) is 12.1 Å². The molecule has 5 heteroatoms. The zero-order chi connectivity index (χ0) is 11.5. The van der Waals surface area contributed by atoms with Gasteiger partial charge in [0, 0.05) is 4.90 Å². The van der Waals surface area contributed by atoms with E-state index in [0.717, 1.165) is 14.4 Å². The van der Waals surface area contributed by atoms with Crippen LogP contribution >= 0.6 is 27.7 Å². The molecule has 1 aromatic heterocycles. The number of benzene rings is 1. The van der Waals surface area contributed by atoms with E-state index in [4.69, 9.17) is 5.73 Å². The van der Waals surface area contributed by atoms with Gasteiger partial charge >= 0.3 is 0 Å². The van der Waals surface area contributed by atoms with Crippen molar-refractivity contribution in [1.29, 1.82) is 0 Å². The fraction of sp³-hybridized carbons (Fsp3) is 0.0909. The summed E-state index contributed by atoms with van der Waals surface area (Å²) in [7, 11) is 0. The molecule has 0 aliphatic heterocycles. The number of nitrogen functional groups attached to an aromatic ring is 1. The second-order valence-corrected chi connectivity index (χ2v) is 5.15. The molecule has 2 rings (SSSR count). The fourth-order valence-electron chi connectivity index (χ4n) is 1.23. The molecular weight excluding hydrogens is 286 g/mol. The highest BCUT2D eigenvalue weighted by molar-refractivity contribution is 9.10.